The maximum atomic E-state index is 11.5. The predicted molar refractivity (Wildman–Crippen MR) is 227 cm³/mol. The van der Waals surface area contributed by atoms with Crippen LogP contribution in [0.25, 0.3) is 0 Å². The number of unbranched alkanes of at least 4 members (excludes halogenated alkanes) is 11. The molecule has 0 aliphatic carbocycles. The molecule has 0 radical (unpaired) electrons. The molecular weight excluding hydrogens is 634 g/mol. The molecule has 0 aromatic carbocycles. The van der Waals surface area contributed by atoms with E-state index in [1.165, 1.54) is 83.5 Å². The lowest BCUT2D eigenvalue weighted by atomic mass is 10.0. The summed E-state index contributed by atoms with van der Waals surface area (Å²) in [5.74, 6) is 0.658. The zero-order valence-electron chi connectivity index (χ0n) is 37.2. The van der Waals surface area contributed by atoms with Crippen LogP contribution < -0.4 is 0 Å². The van der Waals surface area contributed by atoms with Crippen LogP contribution in [0.3, 0.4) is 0 Å². The largest absolute Gasteiger partial charge is 0.466 e. The van der Waals surface area contributed by atoms with Crippen LogP contribution in [0.1, 0.15) is 237 Å². The number of carbonyl (C=O) groups is 2. The van der Waals surface area contributed by atoms with Crippen molar-refractivity contribution >= 4 is 11.9 Å². The molecule has 0 saturated heterocycles. The molecule has 0 aromatic rings. The lowest BCUT2D eigenvalue weighted by molar-refractivity contribution is -0.150. The zero-order valence-corrected chi connectivity index (χ0v) is 37.2. The van der Waals surface area contributed by atoms with E-state index < -0.39 is 0 Å². The summed E-state index contributed by atoms with van der Waals surface area (Å²) in [6.07, 6.45) is 27.4. The van der Waals surface area contributed by atoms with Crippen molar-refractivity contribution in [3.05, 3.63) is 0 Å². The van der Waals surface area contributed by atoms with Gasteiger partial charge in [0.15, 0.2) is 0 Å². The molecule has 51 heavy (non-hydrogen) atoms. The van der Waals surface area contributed by atoms with Gasteiger partial charge in [-0.15, -0.1) is 0 Å². The highest BCUT2D eigenvalue weighted by molar-refractivity contribution is 5.69. The van der Waals surface area contributed by atoms with Crippen LogP contribution >= 0.6 is 0 Å². The van der Waals surface area contributed by atoms with Crippen molar-refractivity contribution in [2.75, 3.05) is 32.8 Å². The normalized spacial score (nSPS) is 10.8. The molecule has 6 nitrogen and oxygen atoms in total. The molecule has 0 saturated carbocycles. The van der Waals surface area contributed by atoms with Gasteiger partial charge in [0.25, 0.3) is 0 Å². The molecule has 1 unspecified atom stereocenters. The lowest BCUT2D eigenvalue weighted by Crippen LogP contribution is -2.28. The Morgan fingerprint density at radius 2 is 0.980 bits per heavy atom. The molecule has 0 aromatic heterocycles. The number of aliphatic hydroxyl groups excluding tert-OH is 1. The summed E-state index contributed by atoms with van der Waals surface area (Å²) in [6, 6.07) is 0. The van der Waals surface area contributed by atoms with Crippen molar-refractivity contribution < 1.29 is 24.2 Å². The molecule has 0 rings (SSSR count). The van der Waals surface area contributed by atoms with Crippen LogP contribution in [0, 0.1) is 5.92 Å². The third-order valence-corrected chi connectivity index (χ3v) is 8.24. The summed E-state index contributed by atoms with van der Waals surface area (Å²) in [5, 5.41) is 8.72. The third-order valence-electron chi connectivity index (χ3n) is 8.24. The van der Waals surface area contributed by atoms with Crippen LogP contribution in [-0.2, 0) is 19.1 Å². The smallest absolute Gasteiger partial charge is 0.306 e. The fourth-order valence-electron chi connectivity index (χ4n) is 4.48. The van der Waals surface area contributed by atoms with Crippen molar-refractivity contribution in [1.29, 1.82) is 0 Å². The zero-order chi connectivity index (χ0) is 39.8. The number of aliphatic hydroxyl groups is 1. The van der Waals surface area contributed by atoms with Gasteiger partial charge in [-0.3, -0.25) is 9.59 Å². The monoisotopic (exact) mass is 732 g/mol. The average Bonchev–Trinajstić information content (AvgIpc) is 3.13. The number of ether oxygens (including phenoxy) is 2. The molecule has 0 fully saturated rings. The molecule has 0 heterocycles. The van der Waals surface area contributed by atoms with Gasteiger partial charge in [0.1, 0.15) is 6.10 Å². The highest BCUT2D eigenvalue weighted by Gasteiger charge is 2.13. The van der Waals surface area contributed by atoms with E-state index in [4.69, 9.17) is 14.6 Å². The minimum absolute atomic E-state index is 0.0101. The standard InChI is InChI=1S/2C14H28O2.C9H21NO.2C4H10/c1-5-7-9-14(15)16-13(8-6-2)11-10-12(3)4;1-3-5-7-8-9-10-11-13-16-14(15)12-6-4-2;1-3-5-7-10(6-4-2)8-9-11;2*1-3-4-2/h12-13H,5-11H2,1-4H3;3-13H2,1-2H3;11H,3-9H2,1-2H3;2*3-4H2,1-2H3. The Morgan fingerprint density at radius 3 is 1.41 bits per heavy atom. The van der Waals surface area contributed by atoms with Gasteiger partial charge >= 0.3 is 11.9 Å². The van der Waals surface area contributed by atoms with Crippen molar-refractivity contribution in [2.24, 2.45) is 5.92 Å². The van der Waals surface area contributed by atoms with Gasteiger partial charge in [0.05, 0.1) is 13.2 Å². The third kappa shape index (κ3) is 64.3. The first-order valence-corrected chi connectivity index (χ1v) is 22.3. The number of nitrogens with zero attached hydrogens (tertiary/aromatic N) is 1. The number of rotatable bonds is 29. The molecule has 0 bridgehead atoms. The Hall–Kier alpha value is -1.14. The van der Waals surface area contributed by atoms with E-state index in [1.807, 2.05) is 0 Å². The Balaban J connectivity index is -0.000000189. The van der Waals surface area contributed by atoms with Crippen LogP contribution in [0.5, 0.6) is 0 Å². The maximum Gasteiger partial charge on any atom is 0.306 e. The van der Waals surface area contributed by atoms with E-state index in [0.29, 0.717) is 32.0 Å². The Kier molecular flexibility index (Phi) is 64.5. The molecule has 1 atom stereocenters. The number of esters is 2. The topological polar surface area (TPSA) is 76.1 Å². The quantitative estimate of drug-likeness (QED) is 0.0610. The van der Waals surface area contributed by atoms with Crippen LogP contribution in [-0.4, -0.2) is 60.9 Å². The Bertz CT molecular complexity index is 599. The highest BCUT2D eigenvalue weighted by atomic mass is 16.5. The first-order valence-electron chi connectivity index (χ1n) is 22.3. The summed E-state index contributed by atoms with van der Waals surface area (Å²) in [5.41, 5.74) is 0. The van der Waals surface area contributed by atoms with Gasteiger partial charge in [0.2, 0.25) is 0 Å². The highest BCUT2D eigenvalue weighted by Crippen LogP contribution is 2.15. The van der Waals surface area contributed by atoms with Crippen LogP contribution in [0.4, 0.5) is 0 Å². The van der Waals surface area contributed by atoms with Gasteiger partial charge in [-0.2, -0.15) is 0 Å². The van der Waals surface area contributed by atoms with E-state index in [-0.39, 0.29) is 18.0 Å². The summed E-state index contributed by atoms with van der Waals surface area (Å²) in [6.45, 7) is 30.1. The van der Waals surface area contributed by atoms with E-state index in [9.17, 15) is 9.59 Å². The first kappa shape index (κ1) is 59.1. The molecule has 0 aliphatic heterocycles. The van der Waals surface area contributed by atoms with Crippen molar-refractivity contribution in [3.8, 4) is 0 Å². The molecular formula is C45H97NO5. The fraction of sp³-hybridized carbons (Fsp3) is 0.956. The molecule has 6 heteroatoms. The minimum Gasteiger partial charge on any atom is -0.466 e. The van der Waals surface area contributed by atoms with E-state index in [1.54, 1.807) is 0 Å². The second-order valence-electron chi connectivity index (χ2n) is 14.3. The van der Waals surface area contributed by atoms with Gasteiger partial charge in [0, 0.05) is 19.4 Å². The van der Waals surface area contributed by atoms with E-state index in [0.717, 1.165) is 77.4 Å². The van der Waals surface area contributed by atoms with Crippen LogP contribution in [0.15, 0.2) is 0 Å². The molecule has 0 amide bonds. The Morgan fingerprint density at radius 1 is 0.490 bits per heavy atom. The SMILES string of the molecule is CCCC.CCCC.CCCCC(=O)OC(CCC)CCC(C)C.CCCCCCCCCOC(=O)CCCC.CCCCN(CCC)CCO. The van der Waals surface area contributed by atoms with Gasteiger partial charge in [-0.25, -0.2) is 0 Å². The average molecular weight is 732 g/mol. The molecule has 1 N–H and O–H groups in total. The summed E-state index contributed by atoms with van der Waals surface area (Å²) >= 11 is 0. The van der Waals surface area contributed by atoms with Crippen molar-refractivity contribution in [3.63, 3.8) is 0 Å². The number of hydrogen-bond donors (Lipinski definition) is 1. The second kappa shape index (κ2) is 55.6. The fourth-order valence-corrected chi connectivity index (χ4v) is 4.48. The van der Waals surface area contributed by atoms with Crippen molar-refractivity contribution in [1.82, 2.24) is 4.90 Å². The maximum absolute atomic E-state index is 11.5. The predicted octanol–water partition coefficient (Wildman–Crippen LogP) is 13.9. The van der Waals surface area contributed by atoms with Gasteiger partial charge in [-0.1, -0.05) is 173 Å². The number of hydrogen-bond acceptors (Lipinski definition) is 6. The van der Waals surface area contributed by atoms with E-state index in [2.05, 4.69) is 88.0 Å². The molecule has 0 aliphatic rings. The van der Waals surface area contributed by atoms with Gasteiger partial charge in [-0.05, 0) is 70.4 Å². The second-order valence-corrected chi connectivity index (χ2v) is 14.3. The van der Waals surface area contributed by atoms with Crippen LogP contribution in [0.2, 0.25) is 0 Å². The number of carbonyl (C=O) groups excluding carboxylic acids is 2. The molecule has 0 spiro atoms. The first-order chi connectivity index (χ1) is 24.6. The van der Waals surface area contributed by atoms with Crippen molar-refractivity contribution in [2.45, 2.75) is 243 Å². The molecule has 312 valence electrons. The Labute approximate surface area is 322 Å². The lowest BCUT2D eigenvalue weighted by Gasteiger charge is -2.19. The minimum atomic E-state index is -0.0205. The summed E-state index contributed by atoms with van der Waals surface area (Å²) < 4.78 is 10.6. The van der Waals surface area contributed by atoms with Gasteiger partial charge < -0.3 is 19.5 Å². The summed E-state index contributed by atoms with van der Waals surface area (Å²) in [7, 11) is 0. The van der Waals surface area contributed by atoms with E-state index >= 15 is 0 Å². The summed E-state index contributed by atoms with van der Waals surface area (Å²) in [4.78, 5) is 25.0.